The van der Waals surface area contributed by atoms with E-state index in [1.54, 1.807) is 25.3 Å². The number of imide groups is 1. The molecule has 6 heteroatoms. The van der Waals surface area contributed by atoms with E-state index in [1.807, 2.05) is 91.5 Å². The van der Waals surface area contributed by atoms with Crippen LogP contribution in [0.1, 0.15) is 18.1 Å². The highest BCUT2D eigenvalue weighted by atomic mass is 16.5. The van der Waals surface area contributed by atoms with Gasteiger partial charge in [-0.15, -0.1) is 0 Å². The summed E-state index contributed by atoms with van der Waals surface area (Å²) in [4.78, 5) is 32.9. The molecule has 1 heterocycles. The number of carbonyl (C=O) groups is 2. The standard InChI is InChI=1S/C28H29N3O3/c1-5-30(19-20-10-7-6-8-11-20)26-25(21-14-16-24(34-4)17-15-21)27(32)31(28(26)33)23-13-9-12-22(18-23)29(2)3/h6-18H,5,19H2,1-4H3. The van der Waals surface area contributed by atoms with Crippen molar-refractivity contribution in [1.82, 2.24) is 4.90 Å². The Morgan fingerprint density at radius 1 is 0.853 bits per heavy atom. The summed E-state index contributed by atoms with van der Waals surface area (Å²) in [6.07, 6.45) is 0. The monoisotopic (exact) mass is 455 g/mol. The van der Waals surface area contributed by atoms with E-state index in [2.05, 4.69) is 0 Å². The fourth-order valence-electron chi connectivity index (χ4n) is 4.13. The molecule has 6 nitrogen and oxygen atoms in total. The Morgan fingerprint density at radius 2 is 1.56 bits per heavy atom. The van der Waals surface area contributed by atoms with E-state index in [-0.39, 0.29) is 11.8 Å². The first-order chi connectivity index (χ1) is 16.4. The molecular formula is C28H29N3O3. The molecule has 0 unspecified atom stereocenters. The van der Waals surface area contributed by atoms with E-state index < -0.39 is 0 Å². The van der Waals surface area contributed by atoms with Crippen LogP contribution in [0, 0.1) is 0 Å². The van der Waals surface area contributed by atoms with Crippen LogP contribution in [0.3, 0.4) is 0 Å². The number of methoxy groups -OCH3 is 1. The fourth-order valence-corrected chi connectivity index (χ4v) is 4.13. The van der Waals surface area contributed by atoms with Gasteiger partial charge in [-0.1, -0.05) is 48.5 Å². The molecule has 0 saturated carbocycles. The van der Waals surface area contributed by atoms with Gasteiger partial charge in [0.05, 0.1) is 18.4 Å². The number of benzene rings is 3. The maximum atomic E-state index is 13.9. The SMILES string of the molecule is CCN(Cc1ccccc1)C1=C(c2ccc(OC)cc2)C(=O)N(c2cccc(N(C)C)c2)C1=O. The summed E-state index contributed by atoms with van der Waals surface area (Å²) >= 11 is 0. The van der Waals surface area contributed by atoms with E-state index in [9.17, 15) is 9.59 Å². The van der Waals surface area contributed by atoms with Crippen molar-refractivity contribution in [2.75, 3.05) is 37.5 Å². The number of amides is 2. The van der Waals surface area contributed by atoms with Crippen molar-refractivity contribution < 1.29 is 14.3 Å². The van der Waals surface area contributed by atoms with Gasteiger partial charge < -0.3 is 14.5 Å². The first-order valence-electron chi connectivity index (χ1n) is 11.3. The molecule has 0 bridgehead atoms. The number of anilines is 2. The molecule has 1 aliphatic rings. The van der Waals surface area contributed by atoms with Crippen LogP contribution in [0.15, 0.2) is 84.6 Å². The van der Waals surface area contributed by atoms with Crippen LogP contribution in [-0.2, 0) is 16.1 Å². The highest BCUT2D eigenvalue weighted by molar-refractivity contribution is 6.45. The van der Waals surface area contributed by atoms with Crippen LogP contribution in [0.25, 0.3) is 5.57 Å². The van der Waals surface area contributed by atoms with Crippen molar-refractivity contribution in [3.05, 3.63) is 95.7 Å². The number of ether oxygens (including phenoxy) is 1. The Bertz CT molecular complexity index is 1220. The molecule has 174 valence electrons. The third-order valence-corrected chi connectivity index (χ3v) is 5.96. The molecule has 0 fully saturated rings. The summed E-state index contributed by atoms with van der Waals surface area (Å²) in [7, 11) is 5.46. The van der Waals surface area contributed by atoms with Gasteiger partial charge in [0.25, 0.3) is 11.8 Å². The Hall–Kier alpha value is -4.06. The van der Waals surface area contributed by atoms with Gasteiger partial charge >= 0.3 is 0 Å². The van der Waals surface area contributed by atoms with Gasteiger partial charge in [0.15, 0.2) is 0 Å². The molecule has 0 saturated heterocycles. The minimum absolute atomic E-state index is 0.315. The normalized spacial score (nSPS) is 13.5. The summed E-state index contributed by atoms with van der Waals surface area (Å²) in [5.74, 6) is 0.0481. The fraction of sp³-hybridized carbons (Fsp3) is 0.214. The summed E-state index contributed by atoms with van der Waals surface area (Å²) in [6.45, 7) is 3.10. The van der Waals surface area contributed by atoms with E-state index >= 15 is 0 Å². The number of likely N-dealkylation sites (N-methyl/N-ethyl adjacent to an activating group) is 1. The molecule has 0 radical (unpaired) electrons. The highest BCUT2D eigenvalue weighted by Gasteiger charge is 2.42. The number of nitrogens with zero attached hydrogens (tertiary/aromatic N) is 3. The zero-order valence-corrected chi connectivity index (χ0v) is 20.0. The maximum Gasteiger partial charge on any atom is 0.282 e. The quantitative estimate of drug-likeness (QED) is 0.466. The third-order valence-electron chi connectivity index (χ3n) is 5.96. The van der Waals surface area contributed by atoms with Crippen molar-refractivity contribution in [3.63, 3.8) is 0 Å². The third kappa shape index (κ3) is 4.39. The van der Waals surface area contributed by atoms with Crippen molar-refractivity contribution in [2.24, 2.45) is 0 Å². The number of rotatable bonds is 8. The van der Waals surface area contributed by atoms with Crippen LogP contribution in [0.5, 0.6) is 5.75 Å². The Balaban J connectivity index is 1.82. The van der Waals surface area contributed by atoms with Crippen LogP contribution in [-0.4, -0.2) is 44.5 Å². The molecule has 0 aliphatic carbocycles. The largest absolute Gasteiger partial charge is 0.497 e. The summed E-state index contributed by atoms with van der Waals surface area (Å²) in [5.41, 5.74) is 4.04. The lowest BCUT2D eigenvalue weighted by molar-refractivity contribution is -0.120. The molecule has 0 N–H and O–H groups in total. The molecule has 0 spiro atoms. The van der Waals surface area contributed by atoms with E-state index in [0.717, 1.165) is 11.3 Å². The number of carbonyl (C=O) groups excluding carboxylic acids is 2. The predicted molar refractivity (Wildman–Crippen MR) is 136 cm³/mol. The smallest absolute Gasteiger partial charge is 0.282 e. The second-order valence-corrected chi connectivity index (χ2v) is 8.31. The van der Waals surface area contributed by atoms with Crippen molar-refractivity contribution in [2.45, 2.75) is 13.5 Å². The van der Waals surface area contributed by atoms with E-state index in [4.69, 9.17) is 4.74 Å². The van der Waals surface area contributed by atoms with Gasteiger partial charge in [-0.2, -0.15) is 0 Å². The summed E-state index contributed by atoms with van der Waals surface area (Å²) < 4.78 is 5.29. The molecule has 0 atom stereocenters. The van der Waals surface area contributed by atoms with Crippen molar-refractivity contribution >= 4 is 28.8 Å². The van der Waals surface area contributed by atoms with Gasteiger partial charge in [0.1, 0.15) is 11.4 Å². The molecule has 2 amide bonds. The average molecular weight is 456 g/mol. The number of hydrogen-bond donors (Lipinski definition) is 0. The number of hydrogen-bond acceptors (Lipinski definition) is 5. The van der Waals surface area contributed by atoms with Gasteiger partial charge in [0.2, 0.25) is 0 Å². The first-order valence-corrected chi connectivity index (χ1v) is 11.3. The van der Waals surface area contributed by atoms with Crippen LogP contribution < -0.4 is 14.5 Å². The molecule has 3 aromatic rings. The van der Waals surface area contributed by atoms with Gasteiger partial charge in [-0.25, -0.2) is 4.90 Å². The first kappa shape index (κ1) is 23.1. The second kappa shape index (κ2) is 9.83. The molecule has 4 rings (SSSR count). The van der Waals surface area contributed by atoms with Crippen LogP contribution in [0.2, 0.25) is 0 Å². The maximum absolute atomic E-state index is 13.9. The van der Waals surface area contributed by atoms with Gasteiger partial charge in [-0.3, -0.25) is 9.59 Å². The van der Waals surface area contributed by atoms with Crippen molar-refractivity contribution in [1.29, 1.82) is 0 Å². The Kier molecular flexibility index (Phi) is 6.68. The minimum atomic E-state index is -0.326. The predicted octanol–water partition coefficient (Wildman–Crippen LogP) is 4.57. The highest BCUT2D eigenvalue weighted by Crippen LogP contribution is 2.36. The van der Waals surface area contributed by atoms with Gasteiger partial charge in [-0.05, 0) is 48.4 Å². The zero-order valence-electron chi connectivity index (χ0n) is 20.0. The van der Waals surface area contributed by atoms with E-state index in [1.165, 1.54) is 4.90 Å². The average Bonchev–Trinajstić information content (AvgIpc) is 3.12. The minimum Gasteiger partial charge on any atom is -0.497 e. The van der Waals surface area contributed by atoms with Crippen LogP contribution in [0.4, 0.5) is 11.4 Å². The molecule has 1 aliphatic heterocycles. The summed E-state index contributed by atoms with van der Waals surface area (Å²) in [6, 6.07) is 24.7. The van der Waals surface area contributed by atoms with Crippen LogP contribution >= 0.6 is 0 Å². The lowest BCUT2D eigenvalue weighted by Gasteiger charge is -2.25. The summed E-state index contributed by atoms with van der Waals surface area (Å²) in [5, 5.41) is 0. The molecule has 34 heavy (non-hydrogen) atoms. The van der Waals surface area contributed by atoms with Crippen molar-refractivity contribution in [3.8, 4) is 5.75 Å². The lowest BCUT2D eigenvalue weighted by atomic mass is 10.0. The van der Waals surface area contributed by atoms with Gasteiger partial charge in [0, 0.05) is 32.9 Å². The Labute approximate surface area is 200 Å². The molecular weight excluding hydrogens is 426 g/mol. The zero-order chi connectivity index (χ0) is 24.2. The topological polar surface area (TPSA) is 53.1 Å². The molecule has 3 aromatic carbocycles. The Morgan fingerprint density at radius 3 is 2.18 bits per heavy atom. The lowest BCUT2D eigenvalue weighted by Crippen LogP contribution is -2.35. The molecule has 0 aromatic heterocycles. The second-order valence-electron chi connectivity index (χ2n) is 8.31. The van der Waals surface area contributed by atoms with E-state index in [0.29, 0.717) is 41.4 Å².